The highest BCUT2D eigenvalue weighted by Crippen LogP contribution is 2.02. The van der Waals surface area contributed by atoms with E-state index in [1.54, 1.807) is 13.3 Å². The van der Waals surface area contributed by atoms with Crippen LogP contribution in [0.3, 0.4) is 0 Å². The number of nitrogens with one attached hydrogen (secondary N) is 1. The molecule has 0 heterocycles. The van der Waals surface area contributed by atoms with Gasteiger partial charge in [0.05, 0.1) is 19.3 Å². The fraction of sp³-hybridized carbons (Fsp3) is 0.450. The minimum atomic E-state index is 0.0414. The summed E-state index contributed by atoms with van der Waals surface area (Å²) in [5.41, 5.74) is 2.21. The Morgan fingerprint density at radius 1 is 1.33 bits per heavy atom. The summed E-state index contributed by atoms with van der Waals surface area (Å²) in [5, 5.41) is 3.40. The second-order valence-electron chi connectivity index (χ2n) is 5.43. The largest absolute Gasteiger partial charge is 0.378 e. The third-order valence-corrected chi connectivity index (χ3v) is 3.48. The third kappa shape index (κ3) is 9.40. The van der Waals surface area contributed by atoms with Gasteiger partial charge in [0.2, 0.25) is 0 Å². The molecule has 24 heavy (non-hydrogen) atoms. The fourth-order valence-electron chi connectivity index (χ4n) is 2.13. The number of nitrogens with zero attached hydrogens (tertiary/aromatic N) is 1. The Morgan fingerprint density at radius 2 is 2.12 bits per heavy atom. The highest BCUT2D eigenvalue weighted by atomic mass is 16.5. The minimum Gasteiger partial charge on any atom is -0.378 e. The van der Waals surface area contributed by atoms with Gasteiger partial charge in [-0.15, -0.1) is 0 Å². The van der Waals surface area contributed by atoms with E-state index >= 15 is 0 Å². The molecule has 0 amide bonds. The maximum Gasteiger partial charge on any atom is 0.0928 e. The Morgan fingerprint density at radius 3 is 2.79 bits per heavy atom. The number of benzene rings is 1. The molecule has 4 nitrogen and oxygen atoms in total. The number of aliphatic imine (C=N–C) groups is 1. The number of allylic oxidation sites excluding steroid dienone is 2. The van der Waals surface area contributed by atoms with Gasteiger partial charge >= 0.3 is 0 Å². The molecule has 0 aliphatic carbocycles. The molecule has 0 fully saturated rings. The lowest BCUT2D eigenvalue weighted by molar-refractivity contribution is 0.00298. The maximum atomic E-state index is 5.73. The predicted molar refractivity (Wildman–Crippen MR) is 101 cm³/mol. The van der Waals surface area contributed by atoms with E-state index in [9.17, 15) is 0 Å². The van der Waals surface area contributed by atoms with Crippen LogP contribution in [0.4, 0.5) is 0 Å². The number of methoxy groups -OCH3 is 1. The van der Waals surface area contributed by atoms with E-state index < -0.39 is 0 Å². The number of hydrogen-bond donors (Lipinski definition) is 1. The molecule has 0 radical (unpaired) electrons. The van der Waals surface area contributed by atoms with E-state index in [1.807, 2.05) is 18.2 Å². The molecule has 0 aliphatic rings. The van der Waals surface area contributed by atoms with Crippen molar-refractivity contribution in [3.8, 4) is 0 Å². The molecular formula is C20H30N2O2. The van der Waals surface area contributed by atoms with E-state index in [4.69, 9.17) is 9.47 Å². The van der Waals surface area contributed by atoms with Crippen LogP contribution in [-0.4, -0.2) is 38.6 Å². The summed E-state index contributed by atoms with van der Waals surface area (Å²) in [5.74, 6) is 0. The molecule has 4 heteroatoms. The van der Waals surface area contributed by atoms with Gasteiger partial charge in [-0.05, 0) is 18.1 Å². The van der Waals surface area contributed by atoms with Crippen molar-refractivity contribution < 1.29 is 9.47 Å². The monoisotopic (exact) mass is 330 g/mol. The first-order chi connectivity index (χ1) is 11.8. The van der Waals surface area contributed by atoms with Crippen molar-refractivity contribution in [2.75, 3.05) is 26.8 Å². The standard InChI is InChI=1S/C20H30N2O2/c1-4-6-12-19(22-5-2)13-14-21-15-20(23-3)17-24-16-18-10-8-7-9-11-18/h5-12,20-21H,2,4,13-17H2,1,3H3/b12-6?,22-19+. The van der Waals surface area contributed by atoms with E-state index in [0.717, 1.165) is 31.6 Å². The Labute approximate surface area is 146 Å². The van der Waals surface area contributed by atoms with Crippen molar-refractivity contribution in [3.05, 3.63) is 60.8 Å². The van der Waals surface area contributed by atoms with E-state index in [2.05, 4.69) is 48.1 Å². The summed E-state index contributed by atoms with van der Waals surface area (Å²) in [6.45, 7) is 8.55. The molecule has 1 atom stereocenters. The summed E-state index contributed by atoms with van der Waals surface area (Å²) < 4.78 is 11.2. The van der Waals surface area contributed by atoms with Crippen LogP contribution in [0.2, 0.25) is 0 Å². The number of rotatable bonds is 13. The zero-order valence-electron chi connectivity index (χ0n) is 14.9. The van der Waals surface area contributed by atoms with Crippen LogP contribution < -0.4 is 5.32 Å². The lowest BCUT2D eigenvalue weighted by atomic mass is 10.2. The van der Waals surface area contributed by atoms with Crippen LogP contribution >= 0.6 is 0 Å². The minimum absolute atomic E-state index is 0.0414. The van der Waals surface area contributed by atoms with Crippen molar-refractivity contribution in [2.24, 2.45) is 4.99 Å². The molecule has 132 valence electrons. The molecule has 0 saturated heterocycles. The van der Waals surface area contributed by atoms with Gasteiger partial charge in [-0.1, -0.05) is 49.9 Å². The molecule has 0 aromatic heterocycles. The van der Waals surface area contributed by atoms with Gasteiger partial charge < -0.3 is 14.8 Å². The molecular weight excluding hydrogens is 300 g/mol. The van der Waals surface area contributed by atoms with Crippen LogP contribution in [0.25, 0.3) is 0 Å². The van der Waals surface area contributed by atoms with Crippen molar-refractivity contribution in [2.45, 2.75) is 32.5 Å². The molecule has 0 saturated carbocycles. The van der Waals surface area contributed by atoms with E-state index in [1.165, 1.54) is 5.56 Å². The quantitative estimate of drug-likeness (QED) is 0.442. The van der Waals surface area contributed by atoms with Crippen molar-refractivity contribution in [3.63, 3.8) is 0 Å². The highest BCUT2D eigenvalue weighted by Gasteiger charge is 2.07. The Balaban J connectivity index is 2.22. The van der Waals surface area contributed by atoms with Crippen molar-refractivity contribution >= 4 is 5.71 Å². The first-order valence-corrected chi connectivity index (χ1v) is 8.49. The average molecular weight is 330 g/mol. The van der Waals surface area contributed by atoms with Crippen LogP contribution in [0.1, 0.15) is 25.3 Å². The lowest BCUT2D eigenvalue weighted by Crippen LogP contribution is -2.33. The molecule has 0 spiro atoms. The molecule has 1 unspecified atom stereocenters. The normalized spacial score (nSPS) is 13.3. The summed E-state index contributed by atoms with van der Waals surface area (Å²) >= 11 is 0. The van der Waals surface area contributed by atoms with Crippen molar-refractivity contribution in [1.82, 2.24) is 5.32 Å². The molecule has 0 bridgehead atoms. The Kier molecular flexibility index (Phi) is 11.6. The first kappa shape index (κ1) is 20.3. The summed E-state index contributed by atoms with van der Waals surface area (Å²) in [4.78, 5) is 4.28. The summed E-state index contributed by atoms with van der Waals surface area (Å²) in [6, 6.07) is 10.2. The smallest absolute Gasteiger partial charge is 0.0928 e. The van der Waals surface area contributed by atoms with Gasteiger partial charge in [0.15, 0.2) is 0 Å². The van der Waals surface area contributed by atoms with Gasteiger partial charge in [0.25, 0.3) is 0 Å². The molecule has 1 N–H and O–H groups in total. The Hall–Kier alpha value is -1.75. The number of ether oxygens (including phenoxy) is 2. The third-order valence-electron chi connectivity index (χ3n) is 3.48. The van der Waals surface area contributed by atoms with Crippen LogP contribution in [0, 0.1) is 0 Å². The lowest BCUT2D eigenvalue weighted by Gasteiger charge is -2.16. The molecule has 1 aromatic carbocycles. The summed E-state index contributed by atoms with van der Waals surface area (Å²) in [6.07, 6.45) is 7.67. The fourth-order valence-corrected chi connectivity index (χ4v) is 2.13. The average Bonchev–Trinajstić information content (AvgIpc) is 2.62. The van der Waals surface area contributed by atoms with Crippen LogP contribution in [0.15, 0.2) is 60.3 Å². The highest BCUT2D eigenvalue weighted by molar-refractivity contribution is 5.95. The topological polar surface area (TPSA) is 42.9 Å². The van der Waals surface area contributed by atoms with Gasteiger partial charge in [-0.3, -0.25) is 4.99 Å². The second kappa shape index (κ2) is 13.7. The Bertz CT molecular complexity index is 498. The molecule has 1 aromatic rings. The van der Waals surface area contributed by atoms with Gasteiger partial charge in [-0.25, -0.2) is 0 Å². The molecule has 0 aliphatic heterocycles. The van der Waals surface area contributed by atoms with Gasteiger partial charge in [-0.2, -0.15) is 0 Å². The zero-order valence-corrected chi connectivity index (χ0v) is 14.9. The second-order valence-corrected chi connectivity index (χ2v) is 5.43. The van der Waals surface area contributed by atoms with Crippen molar-refractivity contribution in [1.29, 1.82) is 0 Å². The van der Waals surface area contributed by atoms with Gasteiger partial charge in [0.1, 0.15) is 0 Å². The van der Waals surface area contributed by atoms with Crippen LogP contribution in [-0.2, 0) is 16.1 Å². The van der Waals surface area contributed by atoms with E-state index in [0.29, 0.717) is 13.2 Å². The summed E-state index contributed by atoms with van der Waals surface area (Å²) in [7, 11) is 1.72. The molecule has 1 rings (SSSR count). The zero-order chi connectivity index (χ0) is 17.5. The SMILES string of the molecule is C=C/N=C(\C=CCC)CCNCC(COCc1ccccc1)OC. The van der Waals surface area contributed by atoms with Gasteiger partial charge in [0, 0.05) is 38.5 Å². The van der Waals surface area contributed by atoms with E-state index in [-0.39, 0.29) is 6.10 Å². The van der Waals surface area contributed by atoms with Crippen LogP contribution in [0.5, 0.6) is 0 Å². The predicted octanol–water partition coefficient (Wildman–Crippen LogP) is 3.75. The number of hydrogen-bond acceptors (Lipinski definition) is 4. The first-order valence-electron chi connectivity index (χ1n) is 8.49. The maximum absolute atomic E-state index is 5.73.